The van der Waals surface area contributed by atoms with E-state index in [0.29, 0.717) is 19.2 Å². The molecule has 2 fully saturated rings. The third-order valence-corrected chi connectivity index (χ3v) is 1.95. The highest BCUT2D eigenvalue weighted by Crippen LogP contribution is 2.07. The number of fused-ring (bicyclic) bond motifs is 1. The van der Waals surface area contributed by atoms with Gasteiger partial charge in [-0.05, 0) is 0 Å². The number of hydrogen-bond acceptors (Lipinski definition) is 3. The molecule has 0 aliphatic carbocycles. The zero-order valence-corrected chi connectivity index (χ0v) is 5.59. The Bertz CT molecular complexity index is 160. The zero-order chi connectivity index (χ0) is 6.97. The molecule has 0 radical (unpaired) electrons. The predicted molar refractivity (Wildman–Crippen MR) is 34.5 cm³/mol. The van der Waals surface area contributed by atoms with E-state index in [2.05, 4.69) is 10.6 Å². The number of carbonyl (C=O) groups is 1. The van der Waals surface area contributed by atoms with Crippen LogP contribution in [0.1, 0.15) is 0 Å². The maximum Gasteiger partial charge on any atom is 0.234 e. The van der Waals surface area contributed by atoms with Crippen LogP contribution in [0.4, 0.5) is 0 Å². The average Bonchev–Trinajstić information content (AvgIpc) is 2.33. The molecule has 0 spiro atoms. The fourth-order valence-electron chi connectivity index (χ4n) is 1.38. The summed E-state index contributed by atoms with van der Waals surface area (Å²) in [4.78, 5) is 10.8. The van der Waals surface area contributed by atoms with Gasteiger partial charge in [-0.25, -0.2) is 0 Å². The topological polar surface area (TPSA) is 50.4 Å². The van der Waals surface area contributed by atoms with Crippen molar-refractivity contribution >= 4 is 5.91 Å². The minimum atomic E-state index is 0.0757. The van der Waals surface area contributed by atoms with Gasteiger partial charge in [0.1, 0.15) is 0 Å². The van der Waals surface area contributed by atoms with Crippen molar-refractivity contribution in [3.05, 3.63) is 0 Å². The predicted octanol–water partition coefficient (Wildman–Crippen LogP) is -1.53. The van der Waals surface area contributed by atoms with E-state index in [4.69, 9.17) is 4.74 Å². The molecule has 0 aromatic rings. The van der Waals surface area contributed by atoms with Crippen molar-refractivity contribution in [2.75, 3.05) is 19.8 Å². The van der Waals surface area contributed by atoms with Crippen molar-refractivity contribution in [2.45, 2.75) is 12.1 Å². The van der Waals surface area contributed by atoms with E-state index in [-0.39, 0.29) is 11.9 Å². The Morgan fingerprint density at radius 1 is 1.40 bits per heavy atom. The van der Waals surface area contributed by atoms with Crippen molar-refractivity contribution < 1.29 is 9.53 Å². The first-order valence-electron chi connectivity index (χ1n) is 3.47. The first kappa shape index (κ1) is 6.12. The normalized spacial score (nSPS) is 39.0. The fraction of sp³-hybridized carbons (Fsp3) is 0.833. The Labute approximate surface area is 58.9 Å². The maximum atomic E-state index is 10.8. The SMILES string of the molecule is O=C1CN[C@@H]2COC[C@H]2N1. The van der Waals surface area contributed by atoms with Crippen LogP contribution < -0.4 is 10.6 Å². The Morgan fingerprint density at radius 3 is 3.10 bits per heavy atom. The summed E-state index contributed by atoms with van der Waals surface area (Å²) in [5.41, 5.74) is 0. The molecule has 2 saturated heterocycles. The quantitative estimate of drug-likeness (QED) is 0.431. The van der Waals surface area contributed by atoms with Gasteiger partial charge in [-0.2, -0.15) is 0 Å². The molecule has 2 atom stereocenters. The van der Waals surface area contributed by atoms with E-state index in [1.165, 1.54) is 0 Å². The third kappa shape index (κ3) is 0.892. The van der Waals surface area contributed by atoms with Crippen molar-refractivity contribution in [2.24, 2.45) is 0 Å². The van der Waals surface area contributed by atoms with Gasteiger partial charge in [0.2, 0.25) is 5.91 Å². The Hall–Kier alpha value is -0.610. The number of piperazine rings is 1. The van der Waals surface area contributed by atoms with Crippen molar-refractivity contribution in [3.8, 4) is 0 Å². The summed E-state index contributed by atoms with van der Waals surface area (Å²) < 4.78 is 5.16. The number of carbonyl (C=O) groups excluding carboxylic acids is 1. The van der Waals surface area contributed by atoms with E-state index < -0.39 is 0 Å². The molecule has 0 unspecified atom stereocenters. The minimum absolute atomic E-state index is 0.0757. The first-order chi connectivity index (χ1) is 4.86. The van der Waals surface area contributed by atoms with Gasteiger partial charge in [0.15, 0.2) is 0 Å². The van der Waals surface area contributed by atoms with Crippen LogP contribution in [0, 0.1) is 0 Å². The van der Waals surface area contributed by atoms with Gasteiger partial charge in [-0.1, -0.05) is 0 Å². The lowest BCUT2D eigenvalue weighted by molar-refractivity contribution is -0.122. The van der Waals surface area contributed by atoms with Crippen molar-refractivity contribution in [3.63, 3.8) is 0 Å². The molecular weight excluding hydrogens is 132 g/mol. The van der Waals surface area contributed by atoms with E-state index in [9.17, 15) is 4.79 Å². The Morgan fingerprint density at radius 2 is 2.20 bits per heavy atom. The van der Waals surface area contributed by atoms with Gasteiger partial charge in [-0.15, -0.1) is 0 Å². The highest BCUT2D eigenvalue weighted by molar-refractivity contribution is 5.79. The summed E-state index contributed by atoms with van der Waals surface area (Å²) in [6.45, 7) is 1.82. The van der Waals surface area contributed by atoms with Gasteiger partial charge >= 0.3 is 0 Å². The lowest BCUT2D eigenvalue weighted by atomic mass is 10.1. The molecule has 2 N–H and O–H groups in total. The van der Waals surface area contributed by atoms with Crippen molar-refractivity contribution in [1.29, 1.82) is 0 Å². The molecule has 0 bridgehead atoms. The number of ether oxygens (including phenoxy) is 1. The van der Waals surface area contributed by atoms with Gasteiger partial charge in [0, 0.05) is 0 Å². The highest BCUT2D eigenvalue weighted by Gasteiger charge is 2.32. The summed E-state index contributed by atoms with van der Waals surface area (Å²) in [5, 5.41) is 5.95. The second-order valence-electron chi connectivity index (χ2n) is 2.70. The van der Waals surface area contributed by atoms with Crippen LogP contribution in [0.5, 0.6) is 0 Å². The van der Waals surface area contributed by atoms with Gasteiger partial charge in [0.25, 0.3) is 0 Å². The molecule has 10 heavy (non-hydrogen) atoms. The smallest absolute Gasteiger partial charge is 0.234 e. The standard InChI is InChI=1S/C6H10N2O2/c9-6-1-7-4-2-10-3-5(4)8-6/h4-5,7H,1-3H2,(H,8,9)/t4-,5-/m1/s1. The van der Waals surface area contributed by atoms with Crippen molar-refractivity contribution in [1.82, 2.24) is 10.6 Å². The van der Waals surface area contributed by atoms with Gasteiger partial charge < -0.3 is 15.4 Å². The highest BCUT2D eigenvalue weighted by atomic mass is 16.5. The van der Waals surface area contributed by atoms with E-state index >= 15 is 0 Å². The largest absolute Gasteiger partial charge is 0.378 e. The summed E-state index contributed by atoms with van der Waals surface area (Å²) in [5.74, 6) is 0.0757. The van der Waals surface area contributed by atoms with Crippen LogP contribution >= 0.6 is 0 Å². The molecule has 2 heterocycles. The minimum Gasteiger partial charge on any atom is -0.378 e. The molecule has 4 nitrogen and oxygen atoms in total. The molecule has 0 saturated carbocycles. The number of amides is 1. The lowest BCUT2D eigenvalue weighted by Gasteiger charge is -2.25. The molecule has 2 aliphatic rings. The summed E-state index contributed by atoms with van der Waals surface area (Å²) in [6, 6.07) is 0.555. The summed E-state index contributed by atoms with van der Waals surface area (Å²) >= 11 is 0. The van der Waals surface area contributed by atoms with E-state index in [1.54, 1.807) is 0 Å². The zero-order valence-electron chi connectivity index (χ0n) is 5.59. The molecule has 2 aliphatic heterocycles. The fourth-order valence-corrected chi connectivity index (χ4v) is 1.38. The second-order valence-corrected chi connectivity index (χ2v) is 2.70. The summed E-state index contributed by atoms with van der Waals surface area (Å²) in [7, 11) is 0. The van der Waals surface area contributed by atoms with E-state index in [0.717, 1.165) is 6.61 Å². The molecular formula is C6H10N2O2. The number of rotatable bonds is 0. The van der Waals surface area contributed by atoms with Crippen LogP contribution in [0.15, 0.2) is 0 Å². The van der Waals surface area contributed by atoms with Crippen LogP contribution in [0.2, 0.25) is 0 Å². The summed E-state index contributed by atoms with van der Waals surface area (Å²) in [6.07, 6.45) is 0. The van der Waals surface area contributed by atoms with Gasteiger partial charge in [0.05, 0.1) is 31.8 Å². The lowest BCUT2D eigenvalue weighted by Crippen LogP contribution is -2.58. The molecule has 1 amide bonds. The molecule has 0 aromatic heterocycles. The third-order valence-electron chi connectivity index (χ3n) is 1.95. The van der Waals surface area contributed by atoms with Crippen LogP contribution in [-0.2, 0) is 9.53 Å². The van der Waals surface area contributed by atoms with Crippen LogP contribution in [-0.4, -0.2) is 37.7 Å². The Kier molecular flexibility index (Phi) is 1.35. The van der Waals surface area contributed by atoms with Crippen LogP contribution in [0.25, 0.3) is 0 Å². The molecule has 4 heteroatoms. The number of hydrogen-bond donors (Lipinski definition) is 2. The molecule has 56 valence electrons. The average molecular weight is 142 g/mol. The number of nitrogens with one attached hydrogen (secondary N) is 2. The second kappa shape index (κ2) is 2.21. The monoisotopic (exact) mass is 142 g/mol. The Balaban J connectivity index is 2.03. The van der Waals surface area contributed by atoms with Gasteiger partial charge in [-0.3, -0.25) is 4.79 Å². The maximum absolute atomic E-state index is 10.8. The van der Waals surface area contributed by atoms with E-state index in [1.807, 2.05) is 0 Å². The van der Waals surface area contributed by atoms with Crippen LogP contribution in [0.3, 0.4) is 0 Å². The molecule has 0 aromatic carbocycles. The molecule has 2 rings (SSSR count). The first-order valence-corrected chi connectivity index (χ1v) is 3.47.